The number of carboxylic acid groups (broad SMARTS) is 1. The van der Waals surface area contributed by atoms with Crippen LogP contribution in [0.3, 0.4) is 0 Å². The van der Waals surface area contributed by atoms with Crippen LogP contribution in [-0.2, 0) is 11.2 Å². The molecule has 2 aromatic rings. The second-order valence-corrected chi connectivity index (χ2v) is 6.57. The minimum absolute atomic E-state index is 0.880. The minimum atomic E-state index is -0.940. The van der Waals surface area contributed by atoms with Gasteiger partial charge in [-0.2, -0.15) is 0 Å². The van der Waals surface area contributed by atoms with Crippen molar-refractivity contribution < 1.29 is 9.90 Å². The van der Waals surface area contributed by atoms with Gasteiger partial charge in [0.05, 0.1) is 0 Å². The van der Waals surface area contributed by atoms with Crippen LogP contribution in [-0.4, -0.2) is 24.7 Å². The maximum absolute atomic E-state index is 10.7. The van der Waals surface area contributed by atoms with Gasteiger partial charge in [-0.25, -0.2) is 4.79 Å². The molecule has 21 heavy (non-hydrogen) atoms. The monoisotopic (exact) mass is 365 g/mol. The molecular formula is C16H16BrNO2S. The van der Waals surface area contributed by atoms with Crippen LogP contribution in [0.15, 0.2) is 46.3 Å². The van der Waals surface area contributed by atoms with Crippen LogP contribution in [0, 0.1) is 0 Å². The molecule has 1 aromatic heterocycles. The molecule has 0 amide bonds. The molecule has 1 aromatic carbocycles. The molecule has 0 unspecified atom stereocenters. The number of carboxylic acids is 1. The van der Waals surface area contributed by atoms with Crippen molar-refractivity contribution in [2.45, 2.75) is 6.42 Å². The molecule has 0 aliphatic rings. The fourth-order valence-electron chi connectivity index (χ4n) is 2.00. The first-order chi connectivity index (χ1) is 10.1. The van der Waals surface area contributed by atoms with Gasteiger partial charge in [0.1, 0.15) is 0 Å². The second kappa shape index (κ2) is 7.43. The fourth-order valence-corrected chi connectivity index (χ4v) is 3.05. The first-order valence-corrected chi connectivity index (χ1v) is 8.17. The van der Waals surface area contributed by atoms with Crippen LogP contribution >= 0.6 is 27.3 Å². The first-order valence-electron chi connectivity index (χ1n) is 6.50. The summed E-state index contributed by atoms with van der Waals surface area (Å²) in [6, 6.07) is 10.0. The molecule has 1 N–H and O–H groups in total. The third-order valence-corrected chi connectivity index (χ3v) is 4.51. The van der Waals surface area contributed by atoms with E-state index in [0.717, 1.165) is 28.7 Å². The summed E-state index contributed by atoms with van der Waals surface area (Å²) in [5, 5.41) is 10.9. The zero-order valence-corrected chi connectivity index (χ0v) is 14.0. The maximum atomic E-state index is 10.7. The first kappa shape index (κ1) is 15.8. The summed E-state index contributed by atoms with van der Waals surface area (Å²) in [5.74, 6) is -0.940. The predicted octanol–water partition coefficient (Wildman–Crippen LogP) is 4.29. The smallest absolute Gasteiger partial charge is 0.328 e. The number of carbonyl (C=O) groups is 1. The number of anilines is 1. The SMILES string of the molecule is CN(CCc1cccs1)c1cc(Br)ccc1C=CC(=O)O. The number of aliphatic carboxylic acids is 1. The summed E-state index contributed by atoms with van der Waals surface area (Å²) in [6.07, 6.45) is 3.77. The van der Waals surface area contributed by atoms with E-state index in [1.807, 2.05) is 25.2 Å². The summed E-state index contributed by atoms with van der Waals surface area (Å²) < 4.78 is 0.980. The Labute approximate surface area is 136 Å². The Morgan fingerprint density at radius 2 is 2.24 bits per heavy atom. The lowest BCUT2D eigenvalue weighted by Gasteiger charge is -2.21. The number of hydrogen-bond donors (Lipinski definition) is 1. The topological polar surface area (TPSA) is 40.5 Å². The highest BCUT2D eigenvalue weighted by Crippen LogP contribution is 2.26. The summed E-state index contributed by atoms with van der Waals surface area (Å²) in [4.78, 5) is 14.2. The van der Waals surface area contributed by atoms with E-state index in [-0.39, 0.29) is 0 Å². The lowest BCUT2D eigenvalue weighted by molar-refractivity contribution is -0.131. The molecule has 2 rings (SSSR count). The van der Waals surface area contributed by atoms with Crippen molar-refractivity contribution in [3.8, 4) is 0 Å². The molecule has 0 saturated heterocycles. The molecule has 3 nitrogen and oxygen atoms in total. The third-order valence-electron chi connectivity index (χ3n) is 3.08. The van der Waals surface area contributed by atoms with Crippen LogP contribution in [0.5, 0.6) is 0 Å². The van der Waals surface area contributed by atoms with E-state index in [1.54, 1.807) is 17.4 Å². The normalized spacial score (nSPS) is 11.0. The highest BCUT2D eigenvalue weighted by molar-refractivity contribution is 9.10. The Morgan fingerprint density at radius 1 is 1.43 bits per heavy atom. The number of thiophene rings is 1. The average molecular weight is 366 g/mol. The largest absolute Gasteiger partial charge is 0.478 e. The van der Waals surface area contributed by atoms with Crippen molar-refractivity contribution in [2.24, 2.45) is 0 Å². The Morgan fingerprint density at radius 3 is 2.90 bits per heavy atom. The van der Waals surface area contributed by atoms with Gasteiger partial charge in [-0.3, -0.25) is 0 Å². The van der Waals surface area contributed by atoms with Gasteiger partial charge in [-0.05, 0) is 41.6 Å². The van der Waals surface area contributed by atoms with Crippen molar-refractivity contribution in [1.82, 2.24) is 0 Å². The third kappa shape index (κ3) is 4.72. The van der Waals surface area contributed by atoms with Gasteiger partial charge in [-0.1, -0.05) is 28.1 Å². The van der Waals surface area contributed by atoms with Gasteiger partial charge in [-0.15, -0.1) is 11.3 Å². The molecular weight excluding hydrogens is 350 g/mol. The number of hydrogen-bond acceptors (Lipinski definition) is 3. The van der Waals surface area contributed by atoms with Crippen molar-refractivity contribution in [2.75, 3.05) is 18.5 Å². The average Bonchev–Trinajstić information content (AvgIpc) is 2.96. The molecule has 0 aliphatic heterocycles. The number of nitrogens with zero attached hydrogens (tertiary/aromatic N) is 1. The van der Waals surface area contributed by atoms with E-state index < -0.39 is 5.97 Å². The molecule has 0 saturated carbocycles. The van der Waals surface area contributed by atoms with Gasteiger partial charge in [0.25, 0.3) is 0 Å². The van der Waals surface area contributed by atoms with Crippen molar-refractivity contribution >= 4 is 45.0 Å². The summed E-state index contributed by atoms with van der Waals surface area (Å²) in [5.41, 5.74) is 1.91. The van der Waals surface area contributed by atoms with Crippen LogP contribution < -0.4 is 4.90 Å². The number of halogens is 1. The van der Waals surface area contributed by atoms with Crippen molar-refractivity contribution in [3.05, 3.63) is 56.7 Å². The highest BCUT2D eigenvalue weighted by atomic mass is 79.9. The lowest BCUT2D eigenvalue weighted by atomic mass is 10.1. The zero-order valence-electron chi connectivity index (χ0n) is 11.6. The van der Waals surface area contributed by atoms with E-state index in [0.29, 0.717) is 0 Å². The zero-order chi connectivity index (χ0) is 15.2. The van der Waals surface area contributed by atoms with Gasteiger partial charge in [0.15, 0.2) is 0 Å². The molecule has 110 valence electrons. The summed E-state index contributed by atoms with van der Waals surface area (Å²) in [6.45, 7) is 0.880. The summed E-state index contributed by atoms with van der Waals surface area (Å²) >= 11 is 5.22. The molecule has 0 atom stereocenters. The molecule has 0 aliphatic carbocycles. The van der Waals surface area contributed by atoms with E-state index in [9.17, 15) is 4.79 Å². The Hall–Kier alpha value is -1.59. The number of likely N-dealkylation sites (N-methyl/N-ethyl adjacent to an activating group) is 1. The molecule has 0 bridgehead atoms. The molecule has 0 fully saturated rings. The second-order valence-electron chi connectivity index (χ2n) is 4.63. The van der Waals surface area contributed by atoms with E-state index in [1.165, 1.54) is 11.0 Å². The van der Waals surface area contributed by atoms with Crippen LogP contribution in [0.2, 0.25) is 0 Å². The van der Waals surface area contributed by atoms with Crippen LogP contribution in [0.1, 0.15) is 10.4 Å². The minimum Gasteiger partial charge on any atom is -0.478 e. The van der Waals surface area contributed by atoms with Gasteiger partial charge < -0.3 is 10.0 Å². The van der Waals surface area contributed by atoms with Crippen LogP contribution in [0.4, 0.5) is 5.69 Å². The highest BCUT2D eigenvalue weighted by Gasteiger charge is 2.07. The standard InChI is InChI=1S/C16H16BrNO2S/c1-18(9-8-14-3-2-10-21-14)15-11-13(17)6-4-12(15)5-7-16(19)20/h2-7,10-11H,8-9H2,1H3,(H,19,20). The molecule has 0 spiro atoms. The molecule has 5 heteroatoms. The fraction of sp³-hybridized carbons (Fsp3) is 0.188. The van der Waals surface area contributed by atoms with E-state index >= 15 is 0 Å². The van der Waals surface area contributed by atoms with Gasteiger partial charge in [0.2, 0.25) is 0 Å². The van der Waals surface area contributed by atoms with Crippen molar-refractivity contribution in [1.29, 1.82) is 0 Å². The van der Waals surface area contributed by atoms with E-state index in [2.05, 4.69) is 38.3 Å². The van der Waals surface area contributed by atoms with Gasteiger partial charge in [0, 0.05) is 34.7 Å². The number of benzene rings is 1. The molecule has 0 radical (unpaired) electrons. The van der Waals surface area contributed by atoms with Crippen molar-refractivity contribution in [3.63, 3.8) is 0 Å². The lowest BCUT2D eigenvalue weighted by Crippen LogP contribution is -2.20. The molecule has 1 heterocycles. The number of rotatable bonds is 6. The quantitative estimate of drug-likeness (QED) is 0.776. The van der Waals surface area contributed by atoms with Crippen LogP contribution in [0.25, 0.3) is 6.08 Å². The predicted molar refractivity (Wildman–Crippen MR) is 92.1 cm³/mol. The summed E-state index contributed by atoms with van der Waals surface area (Å²) in [7, 11) is 2.02. The Kier molecular flexibility index (Phi) is 5.59. The Bertz CT molecular complexity index is 638. The van der Waals surface area contributed by atoms with E-state index in [4.69, 9.17) is 5.11 Å². The Balaban J connectivity index is 2.16. The maximum Gasteiger partial charge on any atom is 0.328 e. The van der Waals surface area contributed by atoms with Gasteiger partial charge >= 0.3 is 5.97 Å².